The average molecular weight is 334 g/mol. The van der Waals surface area contributed by atoms with E-state index in [0.29, 0.717) is 6.54 Å². The molecule has 2 heterocycles. The van der Waals surface area contributed by atoms with Crippen LogP contribution in [0.5, 0.6) is 0 Å². The number of aromatic nitrogens is 2. The molecule has 1 aromatic heterocycles. The van der Waals surface area contributed by atoms with Crippen LogP contribution in [0.15, 0.2) is 18.6 Å². The molecule has 134 valence electrons. The lowest BCUT2D eigenvalue weighted by molar-refractivity contribution is -0.126. The number of piperidine rings is 1. The minimum absolute atomic E-state index is 0.0186. The van der Waals surface area contributed by atoms with Crippen LogP contribution in [-0.2, 0) is 4.79 Å². The van der Waals surface area contributed by atoms with Gasteiger partial charge in [0.25, 0.3) is 0 Å². The molecule has 0 saturated carbocycles. The number of nitrogens with one attached hydrogen (secondary N) is 1. The molecule has 0 aromatic carbocycles. The molecule has 1 aromatic rings. The number of rotatable bonds is 8. The zero-order valence-corrected chi connectivity index (χ0v) is 14.9. The lowest BCUT2D eigenvalue weighted by Gasteiger charge is -2.34. The fourth-order valence-electron chi connectivity index (χ4n) is 3.42. The fourth-order valence-corrected chi connectivity index (χ4v) is 3.42. The van der Waals surface area contributed by atoms with E-state index in [1.165, 1.54) is 0 Å². The smallest absolute Gasteiger partial charge is 0.223 e. The molecule has 0 bridgehead atoms. The second-order valence-corrected chi connectivity index (χ2v) is 6.72. The van der Waals surface area contributed by atoms with Crippen LogP contribution in [0, 0.1) is 11.3 Å². The van der Waals surface area contributed by atoms with Gasteiger partial charge in [-0.1, -0.05) is 13.8 Å². The van der Waals surface area contributed by atoms with Crippen molar-refractivity contribution >= 4 is 11.7 Å². The first-order valence-corrected chi connectivity index (χ1v) is 9.03. The second kappa shape index (κ2) is 8.97. The van der Waals surface area contributed by atoms with E-state index in [2.05, 4.69) is 34.0 Å². The van der Waals surface area contributed by atoms with Gasteiger partial charge in [-0.25, -0.2) is 4.98 Å². The van der Waals surface area contributed by atoms with Gasteiger partial charge in [0.15, 0.2) is 0 Å². The summed E-state index contributed by atoms with van der Waals surface area (Å²) in [6.45, 7) is 6.76. The van der Waals surface area contributed by atoms with Crippen molar-refractivity contribution in [3.05, 3.63) is 18.6 Å². The number of hydrogen-bond acceptors (Lipinski definition) is 5. The van der Waals surface area contributed by atoms with Gasteiger partial charge in [-0.15, -0.1) is 0 Å². The highest BCUT2D eigenvalue weighted by Gasteiger charge is 2.29. The van der Waals surface area contributed by atoms with Gasteiger partial charge in [0.05, 0.1) is 6.20 Å². The van der Waals surface area contributed by atoms with Crippen molar-refractivity contribution in [2.75, 3.05) is 31.1 Å². The predicted molar refractivity (Wildman–Crippen MR) is 94.7 cm³/mol. The number of amides is 1. The van der Waals surface area contributed by atoms with Crippen LogP contribution in [0.25, 0.3) is 0 Å². The van der Waals surface area contributed by atoms with Crippen LogP contribution < -0.4 is 10.2 Å². The molecule has 24 heavy (non-hydrogen) atoms. The molecular formula is C18H30N4O2. The van der Waals surface area contributed by atoms with E-state index >= 15 is 0 Å². The first-order valence-electron chi connectivity index (χ1n) is 9.03. The standard InChI is InChI=1S/C18H30N4O2/c1-3-18(4-2,7-12-23)14-21-17(24)15-5-10-22(11-6-15)16-13-19-8-9-20-16/h8-9,13,15,23H,3-7,10-12,14H2,1-2H3,(H,21,24). The molecule has 0 spiro atoms. The van der Waals surface area contributed by atoms with Crippen LogP contribution >= 0.6 is 0 Å². The van der Waals surface area contributed by atoms with E-state index in [9.17, 15) is 9.90 Å². The summed E-state index contributed by atoms with van der Waals surface area (Å²) in [7, 11) is 0. The number of carbonyl (C=O) groups excluding carboxylic acids is 1. The molecule has 1 aliphatic heterocycles. The SMILES string of the molecule is CCC(CC)(CCO)CNC(=O)C1CCN(c2cnccn2)CC1. The molecule has 0 aliphatic carbocycles. The van der Waals surface area contributed by atoms with Crippen molar-refractivity contribution in [1.29, 1.82) is 0 Å². The van der Waals surface area contributed by atoms with E-state index in [4.69, 9.17) is 0 Å². The quantitative estimate of drug-likeness (QED) is 0.760. The molecule has 0 unspecified atom stereocenters. The third-order valence-electron chi connectivity index (χ3n) is 5.52. The minimum Gasteiger partial charge on any atom is -0.396 e. The molecule has 0 radical (unpaired) electrons. The van der Waals surface area contributed by atoms with Crippen LogP contribution in [0.1, 0.15) is 46.0 Å². The van der Waals surface area contributed by atoms with E-state index in [0.717, 1.165) is 51.0 Å². The average Bonchev–Trinajstić information content (AvgIpc) is 2.66. The van der Waals surface area contributed by atoms with Gasteiger partial charge in [-0.3, -0.25) is 9.78 Å². The third-order valence-corrected chi connectivity index (χ3v) is 5.52. The summed E-state index contributed by atoms with van der Waals surface area (Å²) in [5.41, 5.74) is 0.0186. The van der Waals surface area contributed by atoms with Crippen LogP contribution in [-0.4, -0.2) is 47.2 Å². The summed E-state index contributed by atoms with van der Waals surface area (Å²) in [4.78, 5) is 23.1. The topological polar surface area (TPSA) is 78.4 Å². The molecule has 0 atom stereocenters. The van der Waals surface area contributed by atoms with Gasteiger partial charge in [0.2, 0.25) is 5.91 Å². The first kappa shape index (κ1) is 18.6. The Bertz CT molecular complexity index is 497. The van der Waals surface area contributed by atoms with Crippen molar-refractivity contribution in [1.82, 2.24) is 15.3 Å². The van der Waals surface area contributed by atoms with Gasteiger partial charge in [-0.2, -0.15) is 0 Å². The Balaban J connectivity index is 1.82. The van der Waals surface area contributed by atoms with E-state index in [-0.39, 0.29) is 23.8 Å². The van der Waals surface area contributed by atoms with Crippen LogP contribution in [0.4, 0.5) is 5.82 Å². The van der Waals surface area contributed by atoms with Gasteiger partial charge >= 0.3 is 0 Å². The highest BCUT2D eigenvalue weighted by atomic mass is 16.3. The Hall–Kier alpha value is -1.69. The van der Waals surface area contributed by atoms with E-state index < -0.39 is 0 Å². The van der Waals surface area contributed by atoms with Gasteiger partial charge in [0, 0.05) is 44.6 Å². The summed E-state index contributed by atoms with van der Waals surface area (Å²) in [5, 5.41) is 12.4. The van der Waals surface area contributed by atoms with Gasteiger partial charge in [0.1, 0.15) is 5.82 Å². The minimum atomic E-state index is 0.0186. The molecule has 1 aliphatic rings. The summed E-state index contributed by atoms with van der Waals surface area (Å²) in [6.07, 6.45) is 9.50. The first-order chi connectivity index (χ1) is 11.6. The Morgan fingerprint density at radius 2 is 2.04 bits per heavy atom. The van der Waals surface area contributed by atoms with Crippen LogP contribution in [0.2, 0.25) is 0 Å². The maximum atomic E-state index is 12.5. The normalized spacial score (nSPS) is 16.2. The molecule has 2 N–H and O–H groups in total. The lowest BCUT2D eigenvalue weighted by atomic mass is 9.79. The maximum absolute atomic E-state index is 12.5. The Morgan fingerprint density at radius 3 is 2.58 bits per heavy atom. The highest BCUT2D eigenvalue weighted by molar-refractivity contribution is 5.79. The number of carbonyl (C=O) groups is 1. The number of nitrogens with zero attached hydrogens (tertiary/aromatic N) is 3. The number of aliphatic hydroxyl groups is 1. The number of aliphatic hydroxyl groups excluding tert-OH is 1. The number of hydrogen-bond donors (Lipinski definition) is 2. The summed E-state index contributed by atoms with van der Waals surface area (Å²) >= 11 is 0. The second-order valence-electron chi connectivity index (χ2n) is 6.72. The zero-order chi connectivity index (χ0) is 17.4. The maximum Gasteiger partial charge on any atom is 0.223 e. The van der Waals surface area contributed by atoms with Crippen molar-refractivity contribution in [2.24, 2.45) is 11.3 Å². The van der Waals surface area contributed by atoms with Crippen molar-refractivity contribution in [3.63, 3.8) is 0 Å². The molecule has 6 nitrogen and oxygen atoms in total. The Labute approximate surface area is 144 Å². The molecule has 1 amide bonds. The Morgan fingerprint density at radius 1 is 1.33 bits per heavy atom. The summed E-state index contributed by atoms with van der Waals surface area (Å²) < 4.78 is 0. The van der Waals surface area contributed by atoms with Crippen molar-refractivity contribution in [2.45, 2.75) is 46.0 Å². The van der Waals surface area contributed by atoms with Gasteiger partial charge in [-0.05, 0) is 37.5 Å². The number of anilines is 1. The Kier molecular flexibility index (Phi) is 6.97. The van der Waals surface area contributed by atoms with E-state index in [1.54, 1.807) is 18.6 Å². The van der Waals surface area contributed by atoms with Gasteiger partial charge < -0.3 is 15.3 Å². The molecule has 1 fully saturated rings. The monoisotopic (exact) mass is 334 g/mol. The summed E-state index contributed by atoms with van der Waals surface area (Å²) in [6, 6.07) is 0. The predicted octanol–water partition coefficient (Wildman–Crippen LogP) is 2.00. The molecule has 2 rings (SSSR count). The van der Waals surface area contributed by atoms with Crippen LogP contribution in [0.3, 0.4) is 0 Å². The fraction of sp³-hybridized carbons (Fsp3) is 0.722. The molecule has 6 heteroatoms. The zero-order valence-electron chi connectivity index (χ0n) is 14.9. The highest BCUT2D eigenvalue weighted by Crippen LogP contribution is 2.30. The third kappa shape index (κ3) is 4.66. The molecular weight excluding hydrogens is 304 g/mol. The largest absolute Gasteiger partial charge is 0.396 e. The molecule has 1 saturated heterocycles. The lowest BCUT2D eigenvalue weighted by Crippen LogP contribution is -2.44. The summed E-state index contributed by atoms with van der Waals surface area (Å²) in [5.74, 6) is 1.10. The van der Waals surface area contributed by atoms with E-state index in [1.807, 2.05) is 0 Å². The van der Waals surface area contributed by atoms with Crippen molar-refractivity contribution in [3.8, 4) is 0 Å². The van der Waals surface area contributed by atoms with Crippen molar-refractivity contribution < 1.29 is 9.90 Å².